The first-order valence-corrected chi connectivity index (χ1v) is 6.83. The molecule has 0 unspecified atom stereocenters. The Hall–Kier alpha value is -2.69. The first-order chi connectivity index (χ1) is 10.6. The Labute approximate surface area is 129 Å². The van der Waals surface area contributed by atoms with Gasteiger partial charge in [0.25, 0.3) is 0 Å². The summed E-state index contributed by atoms with van der Waals surface area (Å²) in [7, 11) is 3.00. The molecule has 2 aromatic carbocycles. The summed E-state index contributed by atoms with van der Waals surface area (Å²) in [6, 6.07) is 10.4. The fraction of sp³-hybridized carbons (Fsp3) is 0.235. The van der Waals surface area contributed by atoms with Gasteiger partial charge in [-0.25, -0.2) is 4.79 Å². The SMILES string of the molecule is CCOc1ccc(-c2c(OC)cc(C(=O)O)cc2OC)cc1. The summed E-state index contributed by atoms with van der Waals surface area (Å²) in [6.07, 6.45) is 0. The average Bonchev–Trinajstić information content (AvgIpc) is 2.54. The van der Waals surface area contributed by atoms with Crippen LogP contribution in [-0.4, -0.2) is 31.9 Å². The largest absolute Gasteiger partial charge is 0.496 e. The molecule has 22 heavy (non-hydrogen) atoms. The topological polar surface area (TPSA) is 65.0 Å². The van der Waals surface area contributed by atoms with Crippen molar-refractivity contribution in [2.45, 2.75) is 6.92 Å². The number of carboxylic acids is 1. The monoisotopic (exact) mass is 302 g/mol. The lowest BCUT2D eigenvalue weighted by Gasteiger charge is -2.15. The first kappa shape index (κ1) is 15.7. The summed E-state index contributed by atoms with van der Waals surface area (Å²) in [5.74, 6) is 0.628. The highest BCUT2D eigenvalue weighted by Crippen LogP contribution is 2.40. The molecule has 2 aromatic rings. The van der Waals surface area contributed by atoms with Gasteiger partial charge in [-0.2, -0.15) is 0 Å². The van der Waals surface area contributed by atoms with E-state index in [0.29, 0.717) is 23.7 Å². The lowest BCUT2D eigenvalue weighted by atomic mass is 10.0. The Balaban J connectivity index is 2.55. The van der Waals surface area contributed by atoms with Crippen LogP contribution >= 0.6 is 0 Å². The second-order valence-electron chi connectivity index (χ2n) is 4.52. The van der Waals surface area contributed by atoms with Crippen LogP contribution in [0.2, 0.25) is 0 Å². The van der Waals surface area contributed by atoms with Crippen molar-refractivity contribution in [3.05, 3.63) is 42.0 Å². The van der Waals surface area contributed by atoms with Gasteiger partial charge in [-0.1, -0.05) is 12.1 Å². The van der Waals surface area contributed by atoms with Crippen molar-refractivity contribution in [1.29, 1.82) is 0 Å². The highest BCUT2D eigenvalue weighted by molar-refractivity contribution is 5.91. The molecule has 0 aromatic heterocycles. The number of carboxylic acid groups (broad SMARTS) is 1. The van der Waals surface area contributed by atoms with Crippen LogP contribution in [-0.2, 0) is 0 Å². The van der Waals surface area contributed by atoms with E-state index in [1.54, 1.807) is 0 Å². The van der Waals surface area contributed by atoms with Crippen LogP contribution < -0.4 is 14.2 Å². The summed E-state index contributed by atoms with van der Waals surface area (Å²) in [4.78, 5) is 11.2. The van der Waals surface area contributed by atoms with Gasteiger partial charge in [-0.3, -0.25) is 0 Å². The van der Waals surface area contributed by atoms with Crippen molar-refractivity contribution < 1.29 is 24.1 Å². The molecule has 0 aliphatic rings. The fourth-order valence-electron chi connectivity index (χ4n) is 2.20. The summed E-state index contributed by atoms with van der Waals surface area (Å²) in [5.41, 5.74) is 1.68. The zero-order valence-corrected chi connectivity index (χ0v) is 12.8. The second-order valence-corrected chi connectivity index (χ2v) is 4.52. The minimum atomic E-state index is -1.03. The van der Waals surface area contributed by atoms with Gasteiger partial charge < -0.3 is 19.3 Å². The third-order valence-electron chi connectivity index (χ3n) is 3.21. The third-order valence-corrected chi connectivity index (χ3v) is 3.21. The van der Waals surface area contributed by atoms with E-state index >= 15 is 0 Å². The number of methoxy groups -OCH3 is 2. The standard InChI is InChI=1S/C17H18O5/c1-4-22-13-7-5-11(6-8-13)16-14(20-2)9-12(17(18)19)10-15(16)21-3/h5-10H,4H2,1-3H3,(H,18,19). The quantitative estimate of drug-likeness (QED) is 0.885. The molecule has 0 bridgehead atoms. The summed E-state index contributed by atoms with van der Waals surface area (Å²) >= 11 is 0. The van der Waals surface area contributed by atoms with Gasteiger partial charge >= 0.3 is 5.97 Å². The molecule has 0 atom stereocenters. The van der Waals surface area contributed by atoms with Crippen LogP contribution in [0.5, 0.6) is 17.2 Å². The van der Waals surface area contributed by atoms with E-state index in [9.17, 15) is 4.79 Å². The number of rotatable bonds is 6. The number of carbonyl (C=O) groups is 1. The van der Waals surface area contributed by atoms with Crippen LogP contribution in [0.3, 0.4) is 0 Å². The molecule has 0 amide bonds. The number of ether oxygens (including phenoxy) is 3. The predicted octanol–water partition coefficient (Wildman–Crippen LogP) is 3.47. The molecule has 0 fully saturated rings. The molecule has 0 aliphatic heterocycles. The van der Waals surface area contributed by atoms with Gasteiger partial charge in [-0.15, -0.1) is 0 Å². The molecule has 0 spiro atoms. The Morgan fingerprint density at radius 2 is 1.59 bits per heavy atom. The van der Waals surface area contributed by atoms with Gasteiger partial charge in [0.05, 0.1) is 32.0 Å². The highest BCUT2D eigenvalue weighted by Gasteiger charge is 2.17. The van der Waals surface area contributed by atoms with Crippen LogP contribution in [0, 0.1) is 0 Å². The molecule has 2 rings (SSSR count). The molecule has 0 aliphatic carbocycles. The second kappa shape index (κ2) is 6.85. The molecule has 5 nitrogen and oxygen atoms in total. The maximum Gasteiger partial charge on any atom is 0.335 e. The number of aromatic carboxylic acids is 1. The van der Waals surface area contributed by atoms with Crippen molar-refractivity contribution in [3.8, 4) is 28.4 Å². The van der Waals surface area contributed by atoms with Crippen LogP contribution in [0.1, 0.15) is 17.3 Å². The Morgan fingerprint density at radius 3 is 2.00 bits per heavy atom. The normalized spacial score (nSPS) is 10.1. The zero-order chi connectivity index (χ0) is 16.1. The van der Waals surface area contributed by atoms with E-state index in [4.69, 9.17) is 19.3 Å². The van der Waals surface area contributed by atoms with E-state index in [2.05, 4.69) is 0 Å². The van der Waals surface area contributed by atoms with E-state index < -0.39 is 5.97 Å². The molecule has 1 N–H and O–H groups in total. The summed E-state index contributed by atoms with van der Waals surface area (Å²) in [6.45, 7) is 2.52. The molecule has 5 heteroatoms. The molecular weight excluding hydrogens is 284 g/mol. The van der Waals surface area contributed by atoms with Gasteiger partial charge in [0, 0.05) is 0 Å². The number of benzene rings is 2. The molecule has 0 saturated carbocycles. The van der Waals surface area contributed by atoms with Crippen LogP contribution in [0.25, 0.3) is 11.1 Å². The third kappa shape index (κ3) is 3.14. The van der Waals surface area contributed by atoms with Crippen LogP contribution in [0.15, 0.2) is 36.4 Å². The molecular formula is C17H18O5. The van der Waals surface area contributed by atoms with E-state index in [1.165, 1.54) is 26.4 Å². The number of hydrogen-bond acceptors (Lipinski definition) is 4. The Bertz CT molecular complexity index is 636. The Kier molecular flexibility index (Phi) is 4.88. The van der Waals surface area contributed by atoms with Gasteiger partial charge in [0.15, 0.2) is 0 Å². The van der Waals surface area contributed by atoms with Crippen LogP contribution in [0.4, 0.5) is 0 Å². The predicted molar refractivity (Wildman–Crippen MR) is 83.1 cm³/mol. The summed E-state index contributed by atoms with van der Waals surface area (Å²) in [5, 5.41) is 9.15. The van der Waals surface area contributed by atoms with Crippen molar-refractivity contribution in [1.82, 2.24) is 0 Å². The molecule has 0 heterocycles. The van der Waals surface area contributed by atoms with Crippen molar-refractivity contribution in [2.24, 2.45) is 0 Å². The van der Waals surface area contributed by atoms with Crippen molar-refractivity contribution >= 4 is 5.97 Å². The summed E-state index contributed by atoms with van der Waals surface area (Å²) < 4.78 is 16.1. The Morgan fingerprint density at radius 1 is 1.05 bits per heavy atom. The first-order valence-electron chi connectivity index (χ1n) is 6.83. The van der Waals surface area contributed by atoms with Crippen molar-refractivity contribution in [3.63, 3.8) is 0 Å². The van der Waals surface area contributed by atoms with E-state index in [1.807, 2.05) is 31.2 Å². The molecule has 0 saturated heterocycles. The lowest BCUT2D eigenvalue weighted by molar-refractivity contribution is 0.0696. The van der Waals surface area contributed by atoms with Gasteiger partial charge in [0.1, 0.15) is 17.2 Å². The fourth-order valence-corrected chi connectivity index (χ4v) is 2.20. The smallest absolute Gasteiger partial charge is 0.335 e. The zero-order valence-electron chi connectivity index (χ0n) is 12.8. The molecule has 116 valence electrons. The lowest BCUT2D eigenvalue weighted by Crippen LogP contribution is -2.01. The van der Waals surface area contributed by atoms with E-state index in [-0.39, 0.29) is 5.56 Å². The van der Waals surface area contributed by atoms with Gasteiger partial charge in [0.2, 0.25) is 0 Å². The minimum Gasteiger partial charge on any atom is -0.496 e. The van der Waals surface area contributed by atoms with Gasteiger partial charge in [-0.05, 0) is 36.8 Å². The minimum absolute atomic E-state index is 0.114. The van der Waals surface area contributed by atoms with Crippen molar-refractivity contribution in [2.75, 3.05) is 20.8 Å². The highest BCUT2D eigenvalue weighted by atomic mass is 16.5. The maximum absolute atomic E-state index is 11.2. The molecule has 0 radical (unpaired) electrons. The average molecular weight is 302 g/mol. The number of hydrogen-bond donors (Lipinski definition) is 1. The van der Waals surface area contributed by atoms with E-state index in [0.717, 1.165) is 11.3 Å². The maximum atomic E-state index is 11.2.